The van der Waals surface area contributed by atoms with Crippen LogP contribution in [0.2, 0.25) is 5.02 Å². The Labute approximate surface area is 237 Å². The number of allylic oxidation sites excluding steroid dienone is 1. The molecule has 1 atom stereocenters. The minimum absolute atomic E-state index is 0.0481. The van der Waals surface area contributed by atoms with Crippen molar-refractivity contribution < 1.29 is 14.3 Å². The highest BCUT2D eigenvalue weighted by Crippen LogP contribution is 2.45. The minimum atomic E-state index is -0.787. The summed E-state index contributed by atoms with van der Waals surface area (Å²) < 4.78 is 5.45. The summed E-state index contributed by atoms with van der Waals surface area (Å²) in [6, 6.07) is 24.5. The summed E-state index contributed by atoms with van der Waals surface area (Å²) in [5.74, 6) is -1.50. The second-order valence-electron chi connectivity index (χ2n) is 8.95. The lowest BCUT2D eigenvalue weighted by atomic mass is 9.81. The molecule has 1 aliphatic heterocycles. The number of carbonyl (C=O) groups excluding carboxylic acids is 2. The van der Waals surface area contributed by atoms with E-state index in [0.717, 1.165) is 16.7 Å². The molecule has 39 heavy (non-hydrogen) atoms. The lowest BCUT2D eigenvalue weighted by molar-refractivity contribution is -0.138. The quantitative estimate of drug-likeness (QED) is 0.299. The van der Waals surface area contributed by atoms with Crippen LogP contribution in [0, 0.1) is 25.2 Å². The van der Waals surface area contributed by atoms with Crippen LogP contribution in [0.3, 0.4) is 0 Å². The molecule has 0 saturated carbocycles. The number of anilines is 1. The molecule has 1 aliphatic rings. The summed E-state index contributed by atoms with van der Waals surface area (Å²) in [4.78, 5) is 26.3. The fourth-order valence-electron chi connectivity index (χ4n) is 4.33. The number of nitriles is 1. The van der Waals surface area contributed by atoms with E-state index in [2.05, 4.69) is 16.7 Å². The topological polar surface area (TPSA) is 91.2 Å². The number of carbonyl (C=O) groups is 2. The molecule has 0 aromatic heterocycles. The van der Waals surface area contributed by atoms with Gasteiger partial charge in [0.25, 0.3) is 0 Å². The lowest BCUT2D eigenvalue weighted by Crippen LogP contribution is -2.30. The number of nitrogens with one attached hydrogen (secondary N) is 2. The normalized spacial score (nSPS) is 14.9. The highest BCUT2D eigenvalue weighted by molar-refractivity contribution is 8.03. The maximum atomic E-state index is 13.4. The van der Waals surface area contributed by atoms with Crippen molar-refractivity contribution in [3.8, 4) is 6.07 Å². The summed E-state index contributed by atoms with van der Waals surface area (Å²) in [5, 5.41) is 17.5. The van der Waals surface area contributed by atoms with Gasteiger partial charge in [0, 0.05) is 10.7 Å². The molecule has 3 aromatic rings. The number of ether oxygens (including phenoxy) is 1. The Morgan fingerprint density at radius 1 is 1.05 bits per heavy atom. The first kappa shape index (κ1) is 28.0. The van der Waals surface area contributed by atoms with E-state index >= 15 is 0 Å². The maximum absolute atomic E-state index is 13.4. The molecular weight excluding hydrogens is 530 g/mol. The molecule has 8 heteroatoms. The fraction of sp³-hybridized carbons (Fsp3) is 0.194. The third-order valence-corrected chi connectivity index (χ3v) is 7.72. The summed E-state index contributed by atoms with van der Waals surface area (Å²) in [6.45, 7) is 5.91. The summed E-state index contributed by atoms with van der Waals surface area (Å²) in [6.07, 6.45) is 0. The van der Waals surface area contributed by atoms with Gasteiger partial charge in [-0.15, -0.1) is 0 Å². The smallest absolute Gasteiger partial charge is 0.337 e. The van der Waals surface area contributed by atoms with E-state index in [1.54, 1.807) is 25.1 Å². The van der Waals surface area contributed by atoms with E-state index in [0.29, 0.717) is 27.0 Å². The van der Waals surface area contributed by atoms with Gasteiger partial charge >= 0.3 is 5.97 Å². The monoisotopic (exact) mass is 557 g/mol. The molecule has 6 nitrogen and oxygen atoms in total. The van der Waals surface area contributed by atoms with Gasteiger partial charge in [0.1, 0.15) is 0 Å². The number of hydrogen-bond donors (Lipinski definition) is 2. The molecule has 0 radical (unpaired) electrons. The van der Waals surface area contributed by atoms with Gasteiger partial charge < -0.3 is 15.4 Å². The first-order valence-corrected chi connectivity index (χ1v) is 13.8. The Morgan fingerprint density at radius 3 is 2.44 bits per heavy atom. The van der Waals surface area contributed by atoms with Gasteiger partial charge in [0.2, 0.25) is 5.91 Å². The molecule has 0 unspecified atom stereocenters. The Balaban J connectivity index is 1.76. The maximum Gasteiger partial charge on any atom is 0.337 e. The Bertz CT molecular complexity index is 1510. The van der Waals surface area contributed by atoms with Crippen LogP contribution >= 0.6 is 23.4 Å². The second kappa shape index (κ2) is 12.7. The average molecular weight is 558 g/mol. The molecule has 4 rings (SSSR count). The predicted octanol–water partition coefficient (Wildman–Crippen LogP) is 6.73. The Morgan fingerprint density at radius 2 is 1.77 bits per heavy atom. The van der Waals surface area contributed by atoms with Crippen LogP contribution in [0.4, 0.5) is 5.69 Å². The summed E-state index contributed by atoms with van der Waals surface area (Å²) in [5.41, 5.74) is 5.36. The summed E-state index contributed by atoms with van der Waals surface area (Å²) >= 11 is 7.81. The Kier molecular flexibility index (Phi) is 9.13. The van der Waals surface area contributed by atoms with E-state index in [9.17, 15) is 14.9 Å². The van der Waals surface area contributed by atoms with Gasteiger partial charge in [-0.05, 0) is 61.2 Å². The second-order valence-corrected chi connectivity index (χ2v) is 10.3. The summed E-state index contributed by atoms with van der Waals surface area (Å²) in [7, 11) is 0. The minimum Gasteiger partial charge on any atom is -0.463 e. The molecule has 1 heterocycles. The highest BCUT2D eigenvalue weighted by Gasteiger charge is 2.38. The van der Waals surface area contributed by atoms with Crippen molar-refractivity contribution >= 4 is 46.6 Å². The molecule has 2 N–H and O–H groups in total. The number of dihydropyridines is 1. The van der Waals surface area contributed by atoms with Crippen molar-refractivity contribution in [2.24, 2.45) is 0 Å². The lowest BCUT2D eigenvalue weighted by Gasteiger charge is -2.31. The number of amides is 1. The van der Waals surface area contributed by atoms with Crippen molar-refractivity contribution in [2.75, 3.05) is 17.7 Å². The third kappa shape index (κ3) is 6.36. The van der Waals surface area contributed by atoms with Gasteiger partial charge in [-0.1, -0.05) is 78.0 Å². The highest BCUT2D eigenvalue weighted by atomic mass is 35.5. The fourth-order valence-corrected chi connectivity index (χ4v) is 5.42. The van der Waals surface area contributed by atoms with Crippen molar-refractivity contribution in [1.82, 2.24) is 5.32 Å². The number of benzene rings is 3. The molecular formula is C31H28ClN3O3S. The van der Waals surface area contributed by atoms with Gasteiger partial charge in [0.05, 0.1) is 46.2 Å². The number of aryl methyl sites for hydroxylation is 2. The van der Waals surface area contributed by atoms with Gasteiger partial charge in [-0.3, -0.25) is 4.79 Å². The molecule has 3 aromatic carbocycles. The molecule has 1 amide bonds. The van der Waals surface area contributed by atoms with E-state index < -0.39 is 11.9 Å². The number of halogens is 1. The van der Waals surface area contributed by atoms with Gasteiger partial charge in [-0.2, -0.15) is 5.26 Å². The molecule has 0 fully saturated rings. The van der Waals surface area contributed by atoms with Crippen LogP contribution in [-0.2, 0) is 14.3 Å². The molecule has 0 aliphatic carbocycles. The SMILES string of the molecule is CCOC(=O)C1=C(c2ccccc2)NC(SCC(=O)Nc2ccc(C)c(C)c2)=C(C#N)[C@@H]1c1ccccc1Cl. The molecule has 198 valence electrons. The van der Waals surface area contributed by atoms with Crippen LogP contribution < -0.4 is 10.6 Å². The largest absolute Gasteiger partial charge is 0.463 e. The van der Waals surface area contributed by atoms with Crippen molar-refractivity contribution in [3.05, 3.63) is 116 Å². The number of rotatable bonds is 8. The first-order valence-electron chi connectivity index (χ1n) is 12.5. The van der Waals surface area contributed by atoms with E-state index in [-0.39, 0.29) is 29.4 Å². The van der Waals surface area contributed by atoms with Crippen LogP contribution in [0.15, 0.2) is 89.0 Å². The number of nitrogens with zero attached hydrogens (tertiary/aromatic N) is 1. The number of hydrogen-bond acceptors (Lipinski definition) is 6. The van der Waals surface area contributed by atoms with E-state index in [1.165, 1.54) is 11.8 Å². The molecule has 0 saturated heterocycles. The number of thioether (sulfide) groups is 1. The Hall–Kier alpha value is -3.99. The standard InChI is InChI=1S/C31H28ClN3O3S/c1-4-38-31(37)28-27(23-12-8-9-13-25(23)32)24(17-33)30(35-29(28)21-10-6-5-7-11-21)39-18-26(36)34-22-15-14-19(2)20(3)16-22/h5-16,27,35H,4,18H2,1-3H3,(H,34,36)/t27-/m0/s1. The van der Waals surface area contributed by atoms with Gasteiger partial charge in [0.15, 0.2) is 0 Å². The van der Waals surface area contributed by atoms with Gasteiger partial charge in [-0.25, -0.2) is 4.79 Å². The van der Waals surface area contributed by atoms with Crippen LogP contribution in [0.1, 0.15) is 35.1 Å². The zero-order valence-electron chi connectivity index (χ0n) is 21.9. The zero-order chi connectivity index (χ0) is 27.9. The van der Waals surface area contributed by atoms with E-state index in [4.69, 9.17) is 16.3 Å². The van der Waals surface area contributed by atoms with Crippen LogP contribution in [0.25, 0.3) is 5.70 Å². The predicted molar refractivity (Wildman–Crippen MR) is 157 cm³/mol. The number of esters is 1. The van der Waals surface area contributed by atoms with Crippen molar-refractivity contribution in [2.45, 2.75) is 26.7 Å². The van der Waals surface area contributed by atoms with Crippen molar-refractivity contribution in [1.29, 1.82) is 5.26 Å². The zero-order valence-corrected chi connectivity index (χ0v) is 23.5. The molecule has 0 spiro atoms. The van der Waals surface area contributed by atoms with Crippen LogP contribution in [-0.4, -0.2) is 24.2 Å². The first-order chi connectivity index (χ1) is 18.8. The molecule has 0 bridgehead atoms. The van der Waals surface area contributed by atoms with Crippen LogP contribution in [0.5, 0.6) is 0 Å². The van der Waals surface area contributed by atoms with Crippen molar-refractivity contribution in [3.63, 3.8) is 0 Å². The third-order valence-electron chi connectivity index (χ3n) is 6.36. The van der Waals surface area contributed by atoms with E-state index in [1.807, 2.05) is 68.4 Å². The average Bonchev–Trinajstić information content (AvgIpc) is 2.94.